The normalized spacial score (nSPS) is 24.2. The van der Waals surface area contributed by atoms with E-state index in [9.17, 15) is 19.2 Å². The summed E-state index contributed by atoms with van der Waals surface area (Å²) in [6.45, 7) is 1.52. The summed E-state index contributed by atoms with van der Waals surface area (Å²) in [5.41, 5.74) is 0.179. The van der Waals surface area contributed by atoms with Gasteiger partial charge in [0.2, 0.25) is 0 Å². The van der Waals surface area contributed by atoms with Crippen molar-refractivity contribution in [1.29, 1.82) is 0 Å². The van der Waals surface area contributed by atoms with Crippen LogP contribution in [0.15, 0.2) is 24.3 Å². The average Bonchev–Trinajstić information content (AvgIpc) is 2.93. The highest BCUT2D eigenvalue weighted by Gasteiger charge is 2.55. The molecule has 1 saturated carbocycles. The Morgan fingerprint density at radius 2 is 1.93 bits per heavy atom. The fourth-order valence-corrected chi connectivity index (χ4v) is 3.83. The summed E-state index contributed by atoms with van der Waals surface area (Å²) in [5.74, 6) is -1.43. The number of rotatable bonds is 5. The molecule has 3 amide bonds. The average molecular weight is 388 g/mol. The summed E-state index contributed by atoms with van der Waals surface area (Å²) in [4.78, 5) is 49.6. The van der Waals surface area contributed by atoms with Crippen molar-refractivity contribution in [3.8, 4) is 0 Å². The second-order valence-corrected chi connectivity index (χ2v) is 7.29. The molecule has 1 saturated heterocycles. The molecular weight excluding hydrogens is 364 g/mol. The third kappa shape index (κ3) is 3.72. The second kappa shape index (κ2) is 8.00. The van der Waals surface area contributed by atoms with Gasteiger partial charge in [0.05, 0.1) is 12.7 Å². The molecule has 0 radical (unpaired) electrons. The summed E-state index contributed by atoms with van der Waals surface area (Å²) >= 11 is 0. The smallest absolute Gasteiger partial charge is 0.337 e. The molecule has 0 unspecified atom stereocenters. The third-order valence-electron chi connectivity index (χ3n) is 5.56. The Hall–Kier alpha value is -2.90. The van der Waals surface area contributed by atoms with Gasteiger partial charge >= 0.3 is 18.0 Å². The van der Waals surface area contributed by atoms with Crippen LogP contribution in [0.1, 0.15) is 48.5 Å². The van der Waals surface area contributed by atoms with E-state index in [-0.39, 0.29) is 18.4 Å². The minimum atomic E-state index is -0.890. The van der Waals surface area contributed by atoms with Crippen molar-refractivity contribution in [1.82, 2.24) is 10.2 Å². The maximum atomic E-state index is 12.8. The number of hydrogen-bond donors (Lipinski definition) is 1. The summed E-state index contributed by atoms with van der Waals surface area (Å²) < 4.78 is 9.81. The first-order chi connectivity index (χ1) is 13.4. The second-order valence-electron chi connectivity index (χ2n) is 7.29. The van der Waals surface area contributed by atoms with E-state index in [0.29, 0.717) is 17.5 Å². The lowest BCUT2D eigenvalue weighted by Gasteiger charge is -2.36. The van der Waals surface area contributed by atoms with Crippen LogP contribution in [0.3, 0.4) is 0 Å². The number of nitrogens with one attached hydrogen (secondary N) is 1. The van der Waals surface area contributed by atoms with Gasteiger partial charge in [-0.15, -0.1) is 0 Å². The van der Waals surface area contributed by atoms with Crippen molar-refractivity contribution >= 4 is 23.9 Å². The molecule has 1 aromatic carbocycles. The zero-order chi connectivity index (χ0) is 20.3. The Morgan fingerprint density at radius 3 is 2.57 bits per heavy atom. The zero-order valence-corrected chi connectivity index (χ0v) is 16.0. The molecule has 3 rings (SSSR count). The van der Waals surface area contributed by atoms with Gasteiger partial charge in [0, 0.05) is 0 Å². The summed E-state index contributed by atoms with van der Waals surface area (Å²) in [7, 11) is 1.30. The lowest BCUT2D eigenvalue weighted by Crippen LogP contribution is -2.54. The lowest BCUT2D eigenvalue weighted by molar-refractivity contribution is -0.149. The highest BCUT2D eigenvalue weighted by atomic mass is 16.5. The number of carbonyl (C=O) groups is 4. The van der Waals surface area contributed by atoms with E-state index < -0.39 is 30.1 Å². The summed E-state index contributed by atoms with van der Waals surface area (Å²) in [6.07, 6.45) is 3.36. The number of imide groups is 1. The topological polar surface area (TPSA) is 102 Å². The van der Waals surface area contributed by atoms with E-state index in [0.717, 1.165) is 24.2 Å². The molecule has 1 aliphatic carbocycles. The predicted octanol–water partition coefficient (Wildman–Crippen LogP) is 2.02. The minimum absolute atomic E-state index is 0.0223. The van der Waals surface area contributed by atoms with Gasteiger partial charge in [-0.2, -0.15) is 0 Å². The van der Waals surface area contributed by atoms with Gasteiger partial charge in [0.25, 0.3) is 5.91 Å². The first-order valence-corrected chi connectivity index (χ1v) is 9.34. The van der Waals surface area contributed by atoms with Crippen LogP contribution >= 0.6 is 0 Å². The van der Waals surface area contributed by atoms with Gasteiger partial charge in [-0.25, -0.2) is 9.59 Å². The standard InChI is InChI=1S/C20H24N2O6/c1-13-5-3-4-10-20(13)18(25)22(19(26)21-20)11-16(23)28-12-14-6-8-15(9-7-14)17(24)27-2/h6-9,13H,3-5,10-12H2,1-2H3,(H,21,26)/t13-,20-/m0/s1. The first-order valence-electron chi connectivity index (χ1n) is 9.34. The van der Waals surface area contributed by atoms with E-state index in [1.807, 2.05) is 6.92 Å². The van der Waals surface area contributed by atoms with Gasteiger partial charge in [0.1, 0.15) is 18.7 Å². The summed E-state index contributed by atoms with van der Waals surface area (Å²) in [6, 6.07) is 5.89. The van der Waals surface area contributed by atoms with Crippen LogP contribution in [0, 0.1) is 5.92 Å². The lowest BCUT2D eigenvalue weighted by atomic mass is 9.73. The molecule has 2 atom stereocenters. The van der Waals surface area contributed by atoms with Crippen molar-refractivity contribution in [2.24, 2.45) is 5.92 Å². The number of methoxy groups -OCH3 is 1. The third-order valence-corrected chi connectivity index (χ3v) is 5.56. The molecule has 150 valence electrons. The van der Waals surface area contributed by atoms with Crippen molar-refractivity contribution in [2.45, 2.75) is 44.8 Å². The maximum absolute atomic E-state index is 12.8. The number of amides is 3. The van der Waals surface area contributed by atoms with Crippen molar-refractivity contribution in [3.63, 3.8) is 0 Å². The van der Waals surface area contributed by atoms with Crippen LogP contribution in [0.4, 0.5) is 4.79 Å². The fraction of sp³-hybridized carbons (Fsp3) is 0.500. The van der Waals surface area contributed by atoms with Crippen molar-refractivity contribution in [3.05, 3.63) is 35.4 Å². The van der Waals surface area contributed by atoms with Gasteiger partial charge in [-0.3, -0.25) is 14.5 Å². The van der Waals surface area contributed by atoms with Crippen LogP contribution in [0.25, 0.3) is 0 Å². The van der Waals surface area contributed by atoms with Crippen LogP contribution in [0.5, 0.6) is 0 Å². The molecule has 1 N–H and O–H groups in total. The number of esters is 2. The Balaban J connectivity index is 1.57. The van der Waals surface area contributed by atoms with Crippen molar-refractivity contribution < 1.29 is 28.7 Å². The van der Waals surface area contributed by atoms with Gasteiger partial charge in [-0.1, -0.05) is 31.9 Å². The summed E-state index contributed by atoms with van der Waals surface area (Å²) in [5, 5.41) is 2.81. The van der Waals surface area contributed by atoms with Crippen LogP contribution in [-0.4, -0.2) is 48.0 Å². The zero-order valence-electron chi connectivity index (χ0n) is 16.0. The Kier molecular flexibility index (Phi) is 5.67. The fourth-order valence-electron chi connectivity index (χ4n) is 3.83. The highest BCUT2D eigenvalue weighted by molar-refractivity contribution is 6.09. The molecule has 8 nitrogen and oxygen atoms in total. The van der Waals surface area contributed by atoms with Gasteiger partial charge in [0.15, 0.2) is 0 Å². The Bertz CT molecular complexity index is 790. The predicted molar refractivity (Wildman–Crippen MR) is 98.2 cm³/mol. The maximum Gasteiger partial charge on any atom is 0.337 e. The van der Waals surface area contributed by atoms with Crippen LogP contribution < -0.4 is 5.32 Å². The quantitative estimate of drug-likeness (QED) is 0.612. The highest BCUT2D eigenvalue weighted by Crippen LogP contribution is 2.38. The molecule has 1 heterocycles. The number of benzene rings is 1. The van der Waals surface area contributed by atoms with E-state index in [1.165, 1.54) is 7.11 Å². The van der Waals surface area contributed by atoms with Crippen LogP contribution in [-0.2, 0) is 25.7 Å². The van der Waals surface area contributed by atoms with Gasteiger partial charge in [-0.05, 0) is 36.5 Å². The SMILES string of the molecule is COC(=O)c1ccc(COC(=O)CN2C(=O)N[C@]3(CCCC[C@@H]3C)C2=O)cc1. The molecule has 2 aliphatic rings. The molecular formula is C20H24N2O6. The molecule has 28 heavy (non-hydrogen) atoms. The first kappa shape index (κ1) is 19.9. The molecule has 8 heteroatoms. The molecule has 1 aromatic rings. The Morgan fingerprint density at radius 1 is 1.21 bits per heavy atom. The molecule has 1 aliphatic heterocycles. The van der Waals surface area contributed by atoms with E-state index in [2.05, 4.69) is 10.1 Å². The Labute approximate surface area is 163 Å². The number of hydrogen-bond acceptors (Lipinski definition) is 6. The largest absolute Gasteiger partial charge is 0.465 e. The van der Waals surface area contributed by atoms with Crippen molar-refractivity contribution in [2.75, 3.05) is 13.7 Å². The van der Waals surface area contributed by atoms with E-state index in [4.69, 9.17) is 4.74 Å². The molecule has 0 aromatic heterocycles. The number of carbonyl (C=O) groups excluding carboxylic acids is 4. The van der Waals surface area contributed by atoms with E-state index in [1.54, 1.807) is 24.3 Å². The molecule has 0 bridgehead atoms. The minimum Gasteiger partial charge on any atom is -0.465 e. The number of urea groups is 1. The molecule has 2 fully saturated rings. The number of nitrogens with zero attached hydrogens (tertiary/aromatic N) is 1. The van der Waals surface area contributed by atoms with Crippen LogP contribution in [0.2, 0.25) is 0 Å². The van der Waals surface area contributed by atoms with Gasteiger partial charge < -0.3 is 14.8 Å². The van der Waals surface area contributed by atoms with E-state index >= 15 is 0 Å². The number of ether oxygens (including phenoxy) is 2. The monoisotopic (exact) mass is 388 g/mol. The molecule has 1 spiro atoms.